The Morgan fingerprint density at radius 1 is 1.16 bits per heavy atom. The molecule has 8 nitrogen and oxygen atoms in total. The minimum absolute atomic E-state index is 0.0662. The van der Waals surface area contributed by atoms with Crippen LogP contribution in [0.3, 0.4) is 0 Å². The van der Waals surface area contributed by atoms with Crippen molar-refractivity contribution in [3.63, 3.8) is 0 Å². The van der Waals surface area contributed by atoms with Gasteiger partial charge >= 0.3 is 18.0 Å². The quantitative estimate of drug-likeness (QED) is 0.645. The number of likely N-dealkylation sites (tertiary alicyclic amines) is 1. The molecule has 1 fully saturated rings. The summed E-state index contributed by atoms with van der Waals surface area (Å²) in [6.45, 7) is 1.03. The molecule has 1 saturated heterocycles. The fourth-order valence-electron chi connectivity index (χ4n) is 2.50. The number of urea groups is 2. The summed E-state index contributed by atoms with van der Waals surface area (Å²) < 4.78 is 12.8. The molecule has 1 aromatic carbocycles. The number of aliphatic carboxylic acids is 1. The van der Waals surface area contributed by atoms with Crippen LogP contribution < -0.4 is 16.0 Å². The van der Waals surface area contributed by atoms with Crippen molar-refractivity contribution in [1.82, 2.24) is 15.5 Å². The summed E-state index contributed by atoms with van der Waals surface area (Å²) in [6, 6.07) is 4.72. The first-order chi connectivity index (χ1) is 11.9. The molecule has 136 valence electrons. The van der Waals surface area contributed by atoms with E-state index in [-0.39, 0.29) is 36.9 Å². The molecule has 0 radical (unpaired) electrons. The number of piperidine rings is 1. The lowest BCUT2D eigenvalue weighted by molar-refractivity contribution is -0.136. The summed E-state index contributed by atoms with van der Waals surface area (Å²) in [6.07, 6.45) is 1.08. The van der Waals surface area contributed by atoms with Gasteiger partial charge < -0.3 is 26.0 Å². The highest BCUT2D eigenvalue weighted by Gasteiger charge is 2.23. The van der Waals surface area contributed by atoms with Crippen molar-refractivity contribution < 1.29 is 23.9 Å². The van der Waals surface area contributed by atoms with E-state index in [2.05, 4.69) is 16.0 Å². The molecule has 9 heteroatoms. The number of carbonyl (C=O) groups excluding carboxylic acids is 2. The van der Waals surface area contributed by atoms with E-state index in [1.165, 1.54) is 24.3 Å². The Bertz CT molecular complexity index is 615. The maximum Gasteiger partial charge on any atom is 0.319 e. The van der Waals surface area contributed by atoms with Gasteiger partial charge in [0.25, 0.3) is 0 Å². The van der Waals surface area contributed by atoms with E-state index >= 15 is 0 Å². The van der Waals surface area contributed by atoms with Crippen molar-refractivity contribution in [2.45, 2.75) is 25.3 Å². The first-order valence-corrected chi connectivity index (χ1v) is 8.01. The summed E-state index contributed by atoms with van der Waals surface area (Å²) in [5, 5.41) is 16.5. The Balaban J connectivity index is 1.69. The molecule has 1 aliphatic heterocycles. The third-order valence-electron chi connectivity index (χ3n) is 3.83. The van der Waals surface area contributed by atoms with Gasteiger partial charge in [0.15, 0.2) is 0 Å². The third-order valence-corrected chi connectivity index (χ3v) is 3.83. The van der Waals surface area contributed by atoms with E-state index in [0.29, 0.717) is 31.6 Å². The zero-order valence-corrected chi connectivity index (χ0v) is 13.6. The average Bonchev–Trinajstić information content (AvgIpc) is 2.57. The first-order valence-electron chi connectivity index (χ1n) is 8.01. The van der Waals surface area contributed by atoms with Gasteiger partial charge in [-0.05, 0) is 37.1 Å². The van der Waals surface area contributed by atoms with E-state index in [9.17, 15) is 18.8 Å². The third kappa shape index (κ3) is 6.28. The molecule has 1 heterocycles. The molecule has 0 unspecified atom stereocenters. The normalized spacial score (nSPS) is 14.7. The Labute approximate surface area is 144 Å². The fourth-order valence-corrected chi connectivity index (χ4v) is 2.50. The number of carboxylic acids is 1. The topological polar surface area (TPSA) is 111 Å². The number of benzene rings is 1. The predicted molar refractivity (Wildman–Crippen MR) is 88.8 cm³/mol. The van der Waals surface area contributed by atoms with Crippen molar-refractivity contribution in [2.75, 3.05) is 25.0 Å². The van der Waals surface area contributed by atoms with Crippen LogP contribution in [0.25, 0.3) is 0 Å². The van der Waals surface area contributed by atoms with Gasteiger partial charge in [-0.3, -0.25) is 4.79 Å². The van der Waals surface area contributed by atoms with Crippen molar-refractivity contribution in [3.8, 4) is 0 Å². The number of amides is 4. The highest BCUT2D eigenvalue weighted by Crippen LogP contribution is 2.12. The van der Waals surface area contributed by atoms with Crippen molar-refractivity contribution in [3.05, 3.63) is 30.1 Å². The van der Waals surface area contributed by atoms with Crippen molar-refractivity contribution in [2.24, 2.45) is 0 Å². The van der Waals surface area contributed by atoms with Crippen LogP contribution in [0.1, 0.15) is 19.3 Å². The van der Waals surface area contributed by atoms with Crippen molar-refractivity contribution >= 4 is 23.7 Å². The largest absolute Gasteiger partial charge is 0.481 e. The number of halogens is 1. The number of hydrogen-bond donors (Lipinski definition) is 4. The standard InChI is InChI=1S/C16H21FN4O4/c17-11-1-3-12(4-2-11)19-15(24)20-13-6-9-21(10-7-13)16(25)18-8-5-14(22)23/h1-4,13H,5-10H2,(H,18,25)(H,22,23)(H2,19,20,24). The molecule has 2 rings (SSSR count). The lowest BCUT2D eigenvalue weighted by Gasteiger charge is -2.32. The summed E-state index contributed by atoms with van der Waals surface area (Å²) in [5.41, 5.74) is 0.495. The molecule has 0 spiro atoms. The number of hydrogen-bond acceptors (Lipinski definition) is 3. The molecule has 4 amide bonds. The molecule has 0 bridgehead atoms. The second-order valence-corrected chi connectivity index (χ2v) is 5.74. The molecule has 0 aliphatic carbocycles. The highest BCUT2D eigenvalue weighted by atomic mass is 19.1. The van der Waals surface area contributed by atoms with Gasteiger partial charge in [0, 0.05) is 31.4 Å². The van der Waals surface area contributed by atoms with Gasteiger partial charge in [0.2, 0.25) is 0 Å². The van der Waals surface area contributed by atoms with E-state index in [1.54, 1.807) is 4.90 Å². The second-order valence-electron chi connectivity index (χ2n) is 5.74. The smallest absolute Gasteiger partial charge is 0.319 e. The molecule has 0 aromatic heterocycles. The fraction of sp³-hybridized carbons (Fsp3) is 0.438. The van der Waals surface area contributed by atoms with Crippen LogP contribution in [0.15, 0.2) is 24.3 Å². The number of rotatable bonds is 5. The van der Waals surface area contributed by atoms with E-state index in [4.69, 9.17) is 5.11 Å². The maximum absolute atomic E-state index is 12.8. The number of anilines is 1. The van der Waals surface area contributed by atoms with Crippen LogP contribution in [0.4, 0.5) is 19.7 Å². The monoisotopic (exact) mass is 352 g/mol. The van der Waals surface area contributed by atoms with Gasteiger partial charge in [-0.15, -0.1) is 0 Å². The van der Waals surface area contributed by atoms with Gasteiger partial charge in [-0.1, -0.05) is 0 Å². The molecular formula is C16H21FN4O4. The van der Waals surface area contributed by atoms with Crippen molar-refractivity contribution in [1.29, 1.82) is 0 Å². The first kappa shape index (κ1) is 18.5. The molecule has 0 atom stereocenters. The Morgan fingerprint density at radius 2 is 1.80 bits per heavy atom. The molecular weight excluding hydrogens is 331 g/mol. The van der Waals surface area contributed by atoms with E-state index in [0.717, 1.165) is 0 Å². The Kier molecular flexibility index (Phi) is 6.55. The SMILES string of the molecule is O=C(O)CCNC(=O)N1CCC(NC(=O)Nc2ccc(F)cc2)CC1. The summed E-state index contributed by atoms with van der Waals surface area (Å²) in [5.74, 6) is -1.34. The molecule has 1 aromatic rings. The zero-order valence-electron chi connectivity index (χ0n) is 13.6. The summed E-state index contributed by atoms with van der Waals surface area (Å²) >= 11 is 0. The Morgan fingerprint density at radius 3 is 2.40 bits per heavy atom. The summed E-state index contributed by atoms with van der Waals surface area (Å²) in [7, 11) is 0. The second kappa shape index (κ2) is 8.86. The lowest BCUT2D eigenvalue weighted by atomic mass is 10.1. The number of carbonyl (C=O) groups is 3. The van der Waals surface area contributed by atoms with Crippen LogP contribution in [-0.2, 0) is 4.79 Å². The number of carboxylic acid groups (broad SMARTS) is 1. The van der Waals surface area contributed by atoms with Crippen LogP contribution >= 0.6 is 0 Å². The molecule has 25 heavy (non-hydrogen) atoms. The minimum atomic E-state index is -0.963. The Hall–Kier alpha value is -2.84. The van der Waals surface area contributed by atoms with Crippen LogP contribution in [0.2, 0.25) is 0 Å². The van der Waals surface area contributed by atoms with E-state index < -0.39 is 5.97 Å². The van der Waals surface area contributed by atoms with Crippen LogP contribution in [0.5, 0.6) is 0 Å². The van der Waals surface area contributed by atoms with Gasteiger partial charge in [0.1, 0.15) is 5.82 Å². The lowest BCUT2D eigenvalue weighted by Crippen LogP contribution is -2.50. The zero-order chi connectivity index (χ0) is 18.2. The molecule has 1 aliphatic rings. The molecule has 4 N–H and O–H groups in total. The van der Waals surface area contributed by atoms with Gasteiger partial charge in [-0.2, -0.15) is 0 Å². The van der Waals surface area contributed by atoms with Crippen LogP contribution in [0, 0.1) is 5.82 Å². The highest BCUT2D eigenvalue weighted by molar-refractivity contribution is 5.89. The van der Waals surface area contributed by atoms with Gasteiger partial charge in [-0.25, -0.2) is 14.0 Å². The predicted octanol–water partition coefficient (Wildman–Crippen LogP) is 1.60. The average molecular weight is 352 g/mol. The van der Waals surface area contributed by atoms with Gasteiger partial charge in [0.05, 0.1) is 6.42 Å². The number of nitrogens with one attached hydrogen (secondary N) is 3. The van der Waals surface area contributed by atoms with Crippen LogP contribution in [-0.4, -0.2) is 53.7 Å². The van der Waals surface area contributed by atoms with E-state index in [1.807, 2.05) is 0 Å². The molecule has 0 saturated carbocycles. The maximum atomic E-state index is 12.8. The number of nitrogens with zero attached hydrogens (tertiary/aromatic N) is 1. The minimum Gasteiger partial charge on any atom is -0.481 e. The summed E-state index contributed by atoms with van der Waals surface area (Å²) in [4.78, 5) is 35.8.